The number of hydrazine groups is 2. The summed E-state index contributed by atoms with van der Waals surface area (Å²) in [5, 5.41) is 8.43. The van der Waals surface area contributed by atoms with Gasteiger partial charge in [0.2, 0.25) is 0 Å². The lowest BCUT2D eigenvalue weighted by molar-refractivity contribution is -0.117. The zero-order chi connectivity index (χ0) is 22.0. The molecule has 0 spiro atoms. The minimum absolute atomic E-state index is 0.213. The molecule has 2 fully saturated rings. The molecule has 0 aromatic rings. The smallest absolute Gasteiger partial charge is 0.200 e. The lowest BCUT2D eigenvalue weighted by atomic mass is 9.97. The zero-order valence-electron chi connectivity index (χ0n) is 18.6. The number of hydrogen-bond donors (Lipinski definition) is 0. The van der Waals surface area contributed by atoms with E-state index >= 15 is 0 Å². The largest absolute Gasteiger partial charge is 0.378 e. The van der Waals surface area contributed by atoms with Gasteiger partial charge in [-0.15, -0.1) is 5.01 Å². The first-order valence-corrected chi connectivity index (χ1v) is 10.8. The molecule has 0 aliphatic carbocycles. The van der Waals surface area contributed by atoms with Gasteiger partial charge in [0, 0.05) is 0 Å². The predicted octanol–water partition coefficient (Wildman–Crippen LogP) is 2.38. The van der Waals surface area contributed by atoms with Crippen LogP contribution in [0.3, 0.4) is 0 Å². The van der Waals surface area contributed by atoms with Crippen LogP contribution in [-0.2, 0) is 14.3 Å². The van der Waals surface area contributed by atoms with Gasteiger partial charge in [-0.25, -0.2) is 4.79 Å². The number of allylic oxidation sites excluding steroid dienone is 7. The number of morpholine rings is 2. The number of rotatable bonds is 3. The first-order valence-electron chi connectivity index (χ1n) is 10.8. The molecular weight excluding hydrogens is 392 g/mol. The van der Waals surface area contributed by atoms with Crippen molar-refractivity contribution in [1.29, 1.82) is 0 Å². The Morgan fingerprint density at radius 2 is 1.45 bits per heavy atom. The van der Waals surface area contributed by atoms with Crippen LogP contribution >= 0.6 is 0 Å². The number of carbonyl (C=O) groups excluding carboxylic acids is 1. The van der Waals surface area contributed by atoms with Gasteiger partial charge in [-0.1, -0.05) is 0 Å². The second kappa shape index (κ2) is 9.27. The molecule has 0 aromatic heterocycles. The van der Waals surface area contributed by atoms with Crippen LogP contribution in [0.2, 0.25) is 0 Å². The summed E-state index contributed by atoms with van der Waals surface area (Å²) in [5.41, 5.74) is 2.58. The summed E-state index contributed by atoms with van der Waals surface area (Å²) < 4.78 is 11.3. The Kier molecular flexibility index (Phi) is 6.47. The molecule has 7 heteroatoms. The fourth-order valence-electron chi connectivity index (χ4n) is 4.54. The van der Waals surface area contributed by atoms with Crippen LogP contribution in [0.1, 0.15) is 27.7 Å². The molecule has 4 aliphatic rings. The first-order chi connectivity index (χ1) is 15.0. The highest BCUT2D eigenvalue weighted by atomic mass is 16.5. The van der Waals surface area contributed by atoms with Crippen molar-refractivity contribution in [2.24, 2.45) is 0 Å². The monoisotopic (exact) mass is 422 g/mol. The molecule has 162 valence electrons. The van der Waals surface area contributed by atoms with E-state index in [1.165, 1.54) is 6.08 Å². The summed E-state index contributed by atoms with van der Waals surface area (Å²) in [7, 11) is 0. The maximum Gasteiger partial charge on any atom is 0.200 e. The van der Waals surface area contributed by atoms with E-state index in [0.717, 1.165) is 11.1 Å². The molecule has 4 heterocycles. The molecule has 4 atom stereocenters. The van der Waals surface area contributed by atoms with Crippen molar-refractivity contribution in [3.8, 4) is 0 Å². The van der Waals surface area contributed by atoms with Crippen molar-refractivity contribution < 1.29 is 14.3 Å². The fraction of sp³-hybridized carbons (Fsp3) is 0.500. The van der Waals surface area contributed by atoms with Gasteiger partial charge in [0.05, 0.1) is 62.7 Å². The van der Waals surface area contributed by atoms with Crippen molar-refractivity contribution in [2.45, 2.75) is 51.9 Å². The summed E-state index contributed by atoms with van der Waals surface area (Å²) >= 11 is 0. The average molecular weight is 423 g/mol. The molecule has 0 amide bonds. The van der Waals surface area contributed by atoms with Gasteiger partial charge in [0.25, 0.3) is 0 Å². The van der Waals surface area contributed by atoms with Gasteiger partial charge in [-0.2, -0.15) is 15.0 Å². The minimum atomic E-state index is 0.213. The Morgan fingerprint density at radius 3 is 1.97 bits per heavy atom. The maximum absolute atomic E-state index is 11.2. The highest BCUT2D eigenvalue weighted by Crippen LogP contribution is 2.29. The summed E-state index contributed by atoms with van der Waals surface area (Å²) in [6.07, 6.45) is 18.2. The molecule has 0 aromatic carbocycles. The van der Waals surface area contributed by atoms with Crippen molar-refractivity contribution in [3.05, 3.63) is 65.8 Å². The van der Waals surface area contributed by atoms with Crippen LogP contribution in [0.4, 0.5) is 0 Å². The third-order valence-corrected chi connectivity index (χ3v) is 5.91. The van der Waals surface area contributed by atoms with E-state index in [2.05, 4.69) is 50.1 Å². The fourth-order valence-corrected chi connectivity index (χ4v) is 4.54. The van der Waals surface area contributed by atoms with E-state index in [-0.39, 0.29) is 24.2 Å². The third kappa shape index (κ3) is 4.40. The Labute approximate surface area is 184 Å². The second-order valence-corrected chi connectivity index (χ2v) is 8.48. The van der Waals surface area contributed by atoms with E-state index in [1.54, 1.807) is 0 Å². The van der Waals surface area contributed by atoms with Gasteiger partial charge in [-0.3, -0.25) is 0 Å². The van der Waals surface area contributed by atoms with Crippen molar-refractivity contribution in [2.75, 3.05) is 26.4 Å². The highest BCUT2D eigenvalue weighted by molar-refractivity contribution is 5.63. The van der Waals surface area contributed by atoms with Crippen LogP contribution in [0, 0.1) is 12.4 Å². The molecule has 0 saturated carbocycles. The van der Waals surface area contributed by atoms with Crippen molar-refractivity contribution in [3.63, 3.8) is 0 Å². The van der Waals surface area contributed by atoms with E-state index in [0.29, 0.717) is 32.0 Å². The summed E-state index contributed by atoms with van der Waals surface area (Å²) in [6, 6.07) is 0.965. The van der Waals surface area contributed by atoms with Crippen LogP contribution in [0.25, 0.3) is 0 Å². The molecule has 4 aliphatic heterocycles. The Balaban J connectivity index is 1.57. The molecule has 0 radical (unpaired) electrons. The van der Waals surface area contributed by atoms with Gasteiger partial charge in [0.15, 0.2) is 11.5 Å². The maximum atomic E-state index is 11.2. The van der Waals surface area contributed by atoms with Crippen LogP contribution in [0.15, 0.2) is 53.4 Å². The molecule has 0 bridgehead atoms. The molecule has 4 rings (SSSR count). The predicted molar refractivity (Wildman–Crippen MR) is 117 cm³/mol. The van der Waals surface area contributed by atoms with E-state index in [9.17, 15) is 4.79 Å². The first kappa shape index (κ1) is 21.6. The number of nitrogens with zero attached hydrogens (tertiary/aromatic N) is 4. The highest BCUT2D eigenvalue weighted by Gasteiger charge is 2.36. The number of ether oxygens (including phenoxy) is 2. The molecule has 4 unspecified atom stereocenters. The van der Waals surface area contributed by atoms with Crippen molar-refractivity contribution in [1.82, 2.24) is 20.0 Å². The van der Waals surface area contributed by atoms with Crippen LogP contribution in [-0.4, -0.2) is 76.6 Å². The molecule has 2 saturated heterocycles. The molecule has 7 nitrogen and oxygen atoms in total. The lowest BCUT2D eigenvalue weighted by Gasteiger charge is -2.40. The van der Waals surface area contributed by atoms with Gasteiger partial charge < -0.3 is 9.47 Å². The topological polar surface area (TPSA) is 48.5 Å². The summed E-state index contributed by atoms with van der Waals surface area (Å²) in [6.45, 7) is 11.3. The molecule has 0 N–H and O–H groups in total. The molecule has 31 heavy (non-hydrogen) atoms. The third-order valence-electron chi connectivity index (χ3n) is 5.91. The van der Waals surface area contributed by atoms with Gasteiger partial charge in [0.1, 0.15) is 48.1 Å². The SMILES string of the molecule is CC1COCC(C)N1N1[C+]=CC(=C2C=CN(N3C(C)COCC3C)[C+]=C2C=C=O)C=C1. The lowest BCUT2D eigenvalue weighted by Crippen LogP contribution is -2.55. The normalized spacial score (nSPS) is 34.1. The van der Waals surface area contributed by atoms with E-state index < -0.39 is 0 Å². The second-order valence-electron chi connectivity index (χ2n) is 8.48. The van der Waals surface area contributed by atoms with Gasteiger partial charge >= 0.3 is 0 Å². The zero-order valence-corrected chi connectivity index (χ0v) is 18.6. The summed E-state index contributed by atoms with van der Waals surface area (Å²) in [4.78, 5) is 11.2. The summed E-state index contributed by atoms with van der Waals surface area (Å²) in [5.74, 6) is 1.92. The van der Waals surface area contributed by atoms with Gasteiger partial charge in [-0.05, 0) is 27.7 Å². The van der Waals surface area contributed by atoms with Crippen molar-refractivity contribution >= 4 is 5.94 Å². The van der Waals surface area contributed by atoms with Crippen LogP contribution < -0.4 is 0 Å². The average Bonchev–Trinajstić information content (AvgIpc) is 2.75. The Bertz CT molecular complexity index is 847. The quantitative estimate of drug-likeness (QED) is 0.511. The number of hydrogen-bond acceptors (Lipinski definition) is 7. The molecular formula is C24H30N4O3+2. The van der Waals surface area contributed by atoms with E-state index in [4.69, 9.17) is 9.47 Å². The Hall–Kier alpha value is -2.59. The van der Waals surface area contributed by atoms with E-state index in [1.807, 2.05) is 46.6 Å². The standard InChI is InChI=1S/C24H30N4O3/c1-18-14-30-15-19(2)27(18)25-9-5-22(6-10-25)24-7-11-26(13-23(24)8-12-29)28-20(3)16-31-17-21(28)4/h5-9,11,18-21H,14-17H2,1-4H3/q+2. The Morgan fingerprint density at radius 1 is 0.903 bits per heavy atom. The van der Waals surface area contributed by atoms with Crippen LogP contribution in [0.5, 0.6) is 0 Å². The minimum Gasteiger partial charge on any atom is -0.378 e.